The number of rotatable bonds is 9. The molecule has 32 heavy (non-hydrogen) atoms. The fourth-order valence-electron chi connectivity index (χ4n) is 4.40. The summed E-state index contributed by atoms with van der Waals surface area (Å²) in [4.78, 5) is 19.2. The van der Waals surface area contributed by atoms with Crippen LogP contribution in [0, 0.1) is 0 Å². The van der Waals surface area contributed by atoms with Crippen LogP contribution in [-0.2, 0) is 17.9 Å². The summed E-state index contributed by atoms with van der Waals surface area (Å²) in [7, 11) is 0. The minimum atomic E-state index is 0.295. The predicted octanol–water partition coefficient (Wildman–Crippen LogP) is 3.40. The molecule has 6 nitrogen and oxygen atoms in total. The summed E-state index contributed by atoms with van der Waals surface area (Å²) >= 11 is 0. The van der Waals surface area contributed by atoms with Gasteiger partial charge in [0.25, 0.3) is 0 Å². The smallest absolute Gasteiger partial charge is 0.236 e. The molecule has 2 aromatic rings. The number of hydrogen-bond donors (Lipinski definition) is 0. The summed E-state index contributed by atoms with van der Waals surface area (Å²) in [6, 6.07) is 16.4. The number of nitrogens with zero attached hydrogens (tertiary/aromatic N) is 3. The van der Waals surface area contributed by atoms with Gasteiger partial charge in [-0.2, -0.15) is 0 Å². The zero-order valence-corrected chi connectivity index (χ0v) is 19.2. The number of carbonyl (C=O) groups excluding carboxylic acids is 1. The molecule has 0 atom stereocenters. The molecule has 0 aliphatic carbocycles. The van der Waals surface area contributed by atoms with Crippen LogP contribution in [0.4, 0.5) is 0 Å². The molecule has 4 rings (SSSR count). The molecule has 0 bridgehead atoms. The standard InChI is InChI=1S/C26H35N3O3/c1-2-31-25-18-23(10-11-24(25)32-21-22-8-4-3-5-9-22)19-27-14-16-28(17-15-27)20-26(30)29-12-6-7-13-29/h3-5,8-11,18H,2,6-7,12-17,19-21H2,1H3. The molecule has 2 heterocycles. The van der Waals surface area contributed by atoms with Gasteiger partial charge in [0.1, 0.15) is 6.61 Å². The van der Waals surface area contributed by atoms with Crippen LogP contribution in [-0.4, -0.2) is 73.0 Å². The maximum Gasteiger partial charge on any atom is 0.236 e. The maximum atomic E-state index is 12.4. The van der Waals surface area contributed by atoms with Gasteiger partial charge in [0.05, 0.1) is 13.2 Å². The Labute approximate surface area is 191 Å². The largest absolute Gasteiger partial charge is 0.490 e. The van der Waals surface area contributed by atoms with E-state index in [4.69, 9.17) is 9.47 Å². The highest BCUT2D eigenvalue weighted by atomic mass is 16.5. The molecule has 2 aliphatic heterocycles. The molecule has 0 unspecified atom stereocenters. The molecule has 2 saturated heterocycles. The average molecular weight is 438 g/mol. The van der Waals surface area contributed by atoms with Crippen molar-refractivity contribution in [1.29, 1.82) is 0 Å². The maximum absolute atomic E-state index is 12.4. The van der Waals surface area contributed by atoms with E-state index in [1.807, 2.05) is 36.1 Å². The van der Waals surface area contributed by atoms with Crippen molar-refractivity contribution in [2.24, 2.45) is 0 Å². The fraction of sp³-hybridized carbons (Fsp3) is 0.500. The lowest BCUT2D eigenvalue weighted by atomic mass is 10.1. The minimum Gasteiger partial charge on any atom is -0.490 e. The molecule has 1 amide bonds. The van der Waals surface area contributed by atoms with Gasteiger partial charge in [-0.1, -0.05) is 36.4 Å². The molecule has 6 heteroatoms. The number of amides is 1. The summed E-state index contributed by atoms with van der Waals surface area (Å²) in [5.74, 6) is 1.88. The lowest BCUT2D eigenvalue weighted by Gasteiger charge is -2.35. The highest BCUT2D eigenvalue weighted by molar-refractivity contribution is 5.78. The highest BCUT2D eigenvalue weighted by Crippen LogP contribution is 2.30. The molecule has 172 valence electrons. The molecule has 2 fully saturated rings. The summed E-state index contributed by atoms with van der Waals surface area (Å²) in [5.41, 5.74) is 2.36. The zero-order chi connectivity index (χ0) is 22.2. The third-order valence-electron chi connectivity index (χ3n) is 6.23. The molecule has 0 radical (unpaired) electrons. The van der Waals surface area contributed by atoms with Crippen molar-refractivity contribution in [3.63, 3.8) is 0 Å². The molecule has 0 saturated carbocycles. The van der Waals surface area contributed by atoms with E-state index in [0.29, 0.717) is 25.7 Å². The molecule has 0 spiro atoms. The second kappa shape index (κ2) is 11.3. The third kappa shape index (κ3) is 6.24. The van der Waals surface area contributed by atoms with E-state index in [2.05, 4.69) is 34.1 Å². The van der Waals surface area contributed by atoms with Crippen LogP contribution >= 0.6 is 0 Å². The SMILES string of the molecule is CCOc1cc(CN2CCN(CC(=O)N3CCCC3)CC2)ccc1OCc1ccccc1. The molecular formula is C26H35N3O3. The van der Waals surface area contributed by atoms with Crippen molar-refractivity contribution < 1.29 is 14.3 Å². The van der Waals surface area contributed by atoms with E-state index < -0.39 is 0 Å². The van der Waals surface area contributed by atoms with Crippen molar-refractivity contribution in [2.75, 3.05) is 52.4 Å². The molecule has 0 aromatic heterocycles. The van der Waals surface area contributed by atoms with Crippen molar-refractivity contribution in [2.45, 2.75) is 32.9 Å². The molecular weight excluding hydrogens is 402 g/mol. The Morgan fingerprint density at radius 2 is 1.53 bits per heavy atom. The van der Waals surface area contributed by atoms with Crippen LogP contribution in [0.3, 0.4) is 0 Å². The Kier molecular flexibility index (Phi) is 8.02. The lowest BCUT2D eigenvalue weighted by molar-refractivity contribution is -0.131. The monoisotopic (exact) mass is 437 g/mol. The first-order valence-electron chi connectivity index (χ1n) is 11.9. The second-order valence-electron chi connectivity index (χ2n) is 8.63. The van der Waals surface area contributed by atoms with Crippen molar-refractivity contribution in [1.82, 2.24) is 14.7 Å². The van der Waals surface area contributed by atoms with Gasteiger partial charge in [0.2, 0.25) is 5.91 Å². The van der Waals surface area contributed by atoms with E-state index in [0.717, 1.165) is 75.7 Å². The van der Waals surface area contributed by atoms with E-state index in [1.165, 1.54) is 5.56 Å². The Bertz CT molecular complexity index is 860. The summed E-state index contributed by atoms with van der Waals surface area (Å²) in [6.45, 7) is 10.3. The number of piperazine rings is 1. The average Bonchev–Trinajstić information content (AvgIpc) is 3.36. The van der Waals surface area contributed by atoms with Crippen molar-refractivity contribution in [3.8, 4) is 11.5 Å². The van der Waals surface area contributed by atoms with Crippen molar-refractivity contribution in [3.05, 3.63) is 59.7 Å². The van der Waals surface area contributed by atoms with Crippen LogP contribution in [0.5, 0.6) is 11.5 Å². The Balaban J connectivity index is 1.28. The normalized spacial score (nSPS) is 17.5. The number of carbonyl (C=O) groups is 1. The van der Waals surface area contributed by atoms with Crippen molar-refractivity contribution >= 4 is 5.91 Å². The van der Waals surface area contributed by atoms with Crippen LogP contribution in [0.25, 0.3) is 0 Å². The van der Waals surface area contributed by atoms with Crippen LogP contribution < -0.4 is 9.47 Å². The zero-order valence-electron chi connectivity index (χ0n) is 19.2. The fourth-order valence-corrected chi connectivity index (χ4v) is 4.40. The number of ether oxygens (including phenoxy) is 2. The van der Waals surface area contributed by atoms with E-state index in [9.17, 15) is 4.79 Å². The second-order valence-corrected chi connectivity index (χ2v) is 8.63. The Morgan fingerprint density at radius 3 is 2.25 bits per heavy atom. The quantitative estimate of drug-likeness (QED) is 0.602. The van der Waals surface area contributed by atoms with Gasteiger partial charge >= 0.3 is 0 Å². The summed E-state index contributed by atoms with van der Waals surface area (Å²) in [6.07, 6.45) is 2.30. The van der Waals surface area contributed by atoms with E-state index >= 15 is 0 Å². The van der Waals surface area contributed by atoms with Gasteiger partial charge in [-0.3, -0.25) is 14.6 Å². The summed E-state index contributed by atoms with van der Waals surface area (Å²) in [5, 5.41) is 0. The Morgan fingerprint density at radius 1 is 0.812 bits per heavy atom. The van der Waals surface area contributed by atoms with Crippen LogP contribution in [0.1, 0.15) is 30.9 Å². The first-order valence-corrected chi connectivity index (χ1v) is 11.9. The van der Waals surface area contributed by atoms with Gasteiger partial charge in [-0.05, 0) is 43.0 Å². The topological polar surface area (TPSA) is 45.2 Å². The number of hydrogen-bond acceptors (Lipinski definition) is 5. The van der Waals surface area contributed by atoms with Gasteiger partial charge in [0.15, 0.2) is 11.5 Å². The summed E-state index contributed by atoms with van der Waals surface area (Å²) < 4.78 is 11.9. The predicted molar refractivity (Wildman–Crippen MR) is 126 cm³/mol. The Hall–Kier alpha value is -2.57. The van der Waals surface area contributed by atoms with Crippen LogP contribution in [0.2, 0.25) is 0 Å². The van der Waals surface area contributed by atoms with Gasteiger partial charge in [0, 0.05) is 45.8 Å². The first kappa shape index (κ1) is 22.6. The van der Waals surface area contributed by atoms with Gasteiger partial charge < -0.3 is 14.4 Å². The molecule has 2 aromatic carbocycles. The van der Waals surface area contributed by atoms with Gasteiger partial charge in [-0.25, -0.2) is 0 Å². The number of likely N-dealkylation sites (tertiary alicyclic amines) is 1. The van der Waals surface area contributed by atoms with Crippen LogP contribution in [0.15, 0.2) is 48.5 Å². The third-order valence-corrected chi connectivity index (χ3v) is 6.23. The van der Waals surface area contributed by atoms with E-state index in [1.54, 1.807) is 0 Å². The highest BCUT2D eigenvalue weighted by Gasteiger charge is 2.23. The number of benzene rings is 2. The lowest BCUT2D eigenvalue weighted by Crippen LogP contribution is -2.49. The first-order chi connectivity index (χ1) is 15.7. The minimum absolute atomic E-state index is 0.295. The molecule has 2 aliphatic rings. The van der Waals surface area contributed by atoms with E-state index in [-0.39, 0.29) is 0 Å². The van der Waals surface area contributed by atoms with Gasteiger partial charge in [-0.15, -0.1) is 0 Å². The molecule has 0 N–H and O–H groups in total.